The summed E-state index contributed by atoms with van der Waals surface area (Å²) in [5, 5.41) is 5.71. The molecular formula is C25H27N5O2. The molecule has 0 amide bonds. The van der Waals surface area contributed by atoms with Gasteiger partial charge < -0.3 is 14.4 Å². The number of ether oxygens (including phenoxy) is 2. The lowest BCUT2D eigenvalue weighted by atomic mass is 10.0. The number of nitrogens with zero attached hydrogens (tertiary/aromatic N) is 5. The third-order valence-electron chi connectivity index (χ3n) is 6.26. The van der Waals surface area contributed by atoms with E-state index < -0.39 is 0 Å². The van der Waals surface area contributed by atoms with Crippen molar-refractivity contribution in [3.63, 3.8) is 0 Å². The highest BCUT2D eigenvalue weighted by atomic mass is 16.5. The van der Waals surface area contributed by atoms with Crippen LogP contribution in [0.5, 0.6) is 5.75 Å². The highest BCUT2D eigenvalue weighted by molar-refractivity contribution is 5.98. The van der Waals surface area contributed by atoms with Crippen molar-refractivity contribution < 1.29 is 9.47 Å². The van der Waals surface area contributed by atoms with Gasteiger partial charge in [-0.1, -0.05) is 30.3 Å². The van der Waals surface area contributed by atoms with E-state index in [1.165, 1.54) is 0 Å². The number of aromatic nitrogens is 4. The quantitative estimate of drug-likeness (QED) is 0.481. The van der Waals surface area contributed by atoms with Crippen molar-refractivity contribution in [2.24, 2.45) is 7.05 Å². The number of anilines is 1. The minimum atomic E-state index is 0.138. The second-order valence-electron chi connectivity index (χ2n) is 8.20. The Kier molecular flexibility index (Phi) is 5.27. The first-order valence-corrected chi connectivity index (χ1v) is 10.9. The van der Waals surface area contributed by atoms with Gasteiger partial charge in [0.15, 0.2) is 0 Å². The lowest BCUT2D eigenvalue weighted by molar-refractivity contribution is 0.0283. The zero-order valence-corrected chi connectivity index (χ0v) is 18.8. The van der Waals surface area contributed by atoms with E-state index in [1.54, 1.807) is 13.4 Å². The van der Waals surface area contributed by atoms with Crippen LogP contribution in [0.3, 0.4) is 0 Å². The summed E-state index contributed by atoms with van der Waals surface area (Å²) in [6.07, 6.45) is 3.77. The molecule has 0 N–H and O–H groups in total. The number of fused-ring (bicyclic) bond motifs is 1. The average molecular weight is 430 g/mol. The zero-order valence-electron chi connectivity index (χ0n) is 18.8. The molecule has 0 radical (unpaired) electrons. The molecule has 7 nitrogen and oxygen atoms in total. The Balaban J connectivity index is 1.71. The minimum Gasteiger partial charge on any atom is -0.495 e. The monoisotopic (exact) mass is 429 g/mol. The smallest absolute Gasteiger partial charge is 0.144 e. The number of benzene rings is 2. The van der Waals surface area contributed by atoms with Crippen LogP contribution >= 0.6 is 0 Å². The van der Waals surface area contributed by atoms with Crippen molar-refractivity contribution in [3.8, 4) is 28.3 Å². The largest absolute Gasteiger partial charge is 0.495 e. The topological polar surface area (TPSA) is 65.3 Å². The first-order valence-electron chi connectivity index (χ1n) is 10.9. The van der Waals surface area contributed by atoms with Gasteiger partial charge in [-0.15, -0.1) is 0 Å². The van der Waals surface area contributed by atoms with Gasteiger partial charge in [0.05, 0.1) is 42.8 Å². The van der Waals surface area contributed by atoms with E-state index in [0.29, 0.717) is 6.61 Å². The van der Waals surface area contributed by atoms with Crippen LogP contribution in [0.1, 0.15) is 13.8 Å². The molecule has 1 aliphatic rings. The van der Waals surface area contributed by atoms with Gasteiger partial charge in [-0.05, 0) is 19.9 Å². The molecule has 2 atom stereocenters. The van der Waals surface area contributed by atoms with Gasteiger partial charge in [0.25, 0.3) is 0 Å². The van der Waals surface area contributed by atoms with Gasteiger partial charge in [-0.2, -0.15) is 5.10 Å². The Bertz CT molecular complexity index is 1250. The predicted octanol–water partition coefficient (Wildman–Crippen LogP) is 4.32. The van der Waals surface area contributed by atoms with Crippen LogP contribution < -0.4 is 9.64 Å². The number of hydrogen-bond acceptors (Lipinski definition) is 6. The number of methoxy groups -OCH3 is 1. The van der Waals surface area contributed by atoms with Crippen molar-refractivity contribution in [2.75, 3.05) is 25.2 Å². The zero-order chi connectivity index (χ0) is 22.2. The fourth-order valence-corrected chi connectivity index (χ4v) is 4.42. The maximum Gasteiger partial charge on any atom is 0.144 e. The van der Waals surface area contributed by atoms with E-state index >= 15 is 0 Å². The van der Waals surface area contributed by atoms with E-state index in [1.807, 2.05) is 42.2 Å². The molecule has 5 rings (SSSR count). The van der Waals surface area contributed by atoms with Gasteiger partial charge >= 0.3 is 0 Å². The van der Waals surface area contributed by atoms with Crippen molar-refractivity contribution >= 4 is 16.6 Å². The summed E-state index contributed by atoms with van der Waals surface area (Å²) in [6, 6.07) is 14.6. The van der Waals surface area contributed by atoms with Crippen molar-refractivity contribution in [1.82, 2.24) is 19.7 Å². The molecule has 1 saturated heterocycles. The van der Waals surface area contributed by atoms with Crippen LogP contribution in [-0.2, 0) is 11.8 Å². The van der Waals surface area contributed by atoms with Gasteiger partial charge in [0.2, 0.25) is 0 Å². The molecule has 1 aliphatic heterocycles. The fraction of sp³-hybridized carbons (Fsp3) is 0.320. The third kappa shape index (κ3) is 3.48. The summed E-state index contributed by atoms with van der Waals surface area (Å²) in [4.78, 5) is 11.6. The normalized spacial score (nSPS) is 18.8. The summed E-state index contributed by atoms with van der Waals surface area (Å²) in [5.41, 5.74) is 5.67. The van der Waals surface area contributed by atoms with Gasteiger partial charge in [0, 0.05) is 42.4 Å². The molecule has 7 heteroatoms. The first kappa shape index (κ1) is 20.5. The molecule has 0 aliphatic carbocycles. The Morgan fingerprint density at radius 2 is 1.88 bits per heavy atom. The van der Waals surface area contributed by atoms with E-state index in [0.717, 1.165) is 51.4 Å². The lowest BCUT2D eigenvalue weighted by Gasteiger charge is -2.40. The molecule has 164 valence electrons. The first-order chi connectivity index (χ1) is 15.6. The fourth-order valence-electron chi connectivity index (χ4n) is 4.42. The standard InChI is InChI=1S/C25H27N5O2/c1-16-17(2)32-11-10-30(16)22-12-19-21(13-23(22)31-4)26-15-27-25(19)20-14-29(3)28-24(20)18-8-6-5-7-9-18/h5-9,12-17H,10-11H2,1-4H3/t16-,17+/m0/s1. The number of morpholine rings is 1. The van der Waals surface area contributed by atoms with E-state index in [4.69, 9.17) is 19.6 Å². The second kappa shape index (κ2) is 8.24. The Labute approximate surface area is 187 Å². The van der Waals surface area contributed by atoms with Crippen LogP contribution in [0.4, 0.5) is 5.69 Å². The van der Waals surface area contributed by atoms with Gasteiger partial charge in [-0.3, -0.25) is 4.68 Å². The minimum absolute atomic E-state index is 0.138. The van der Waals surface area contributed by atoms with Crippen LogP contribution in [0.15, 0.2) is 55.0 Å². The number of hydrogen-bond donors (Lipinski definition) is 0. The summed E-state index contributed by atoms with van der Waals surface area (Å²) in [5.74, 6) is 0.803. The van der Waals surface area contributed by atoms with Crippen LogP contribution in [0, 0.1) is 0 Å². The molecule has 32 heavy (non-hydrogen) atoms. The summed E-state index contributed by atoms with van der Waals surface area (Å²) in [6.45, 7) is 5.79. The van der Waals surface area contributed by atoms with Gasteiger partial charge in [-0.25, -0.2) is 9.97 Å². The molecule has 0 spiro atoms. The molecule has 2 aromatic carbocycles. The van der Waals surface area contributed by atoms with E-state index in [9.17, 15) is 0 Å². The van der Waals surface area contributed by atoms with Crippen molar-refractivity contribution in [2.45, 2.75) is 26.0 Å². The summed E-state index contributed by atoms with van der Waals surface area (Å²) < 4.78 is 13.5. The number of aryl methyl sites for hydroxylation is 1. The van der Waals surface area contributed by atoms with Crippen LogP contribution in [-0.4, -0.2) is 52.2 Å². The molecule has 0 saturated carbocycles. The highest BCUT2D eigenvalue weighted by Crippen LogP contribution is 2.39. The van der Waals surface area contributed by atoms with E-state index in [2.05, 4.69) is 41.9 Å². The molecule has 3 heterocycles. The molecule has 2 aromatic heterocycles. The highest BCUT2D eigenvalue weighted by Gasteiger charge is 2.28. The maximum atomic E-state index is 5.85. The van der Waals surface area contributed by atoms with Crippen LogP contribution in [0.2, 0.25) is 0 Å². The third-order valence-corrected chi connectivity index (χ3v) is 6.26. The lowest BCUT2D eigenvalue weighted by Crippen LogP contribution is -2.48. The van der Waals surface area contributed by atoms with Crippen LogP contribution in [0.25, 0.3) is 33.4 Å². The summed E-state index contributed by atoms with van der Waals surface area (Å²) in [7, 11) is 3.64. The maximum absolute atomic E-state index is 5.85. The predicted molar refractivity (Wildman–Crippen MR) is 126 cm³/mol. The Morgan fingerprint density at radius 1 is 1.06 bits per heavy atom. The molecular weight excluding hydrogens is 402 g/mol. The van der Waals surface area contributed by atoms with Crippen molar-refractivity contribution in [3.05, 3.63) is 55.0 Å². The summed E-state index contributed by atoms with van der Waals surface area (Å²) >= 11 is 0. The SMILES string of the molecule is COc1cc2ncnc(-c3cn(C)nc3-c3ccccc3)c2cc1N1CCO[C@H](C)[C@@H]1C. The van der Waals surface area contributed by atoms with Gasteiger partial charge in [0.1, 0.15) is 17.8 Å². The van der Waals surface area contributed by atoms with E-state index in [-0.39, 0.29) is 12.1 Å². The Morgan fingerprint density at radius 3 is 2.66 bits per heavy atom. The molecule has 0 bridgehead atoms. The van der Waals surface area contributed by atoms with Crippen molar-refractivity contribution in [1.29, 1.82) is 0 Å². The molecule has 4 aromatic rings. The Hall–Kier alpha value is -3.45. The number of rotatable bonds is 4. The average Bonchev–Trinajstić information content (AvgIpc) is 3.21. The molecule has 0 unspecified atom stereocenters. The molecule has 1 fully saturated rings. The second-order valence-corrected chi connectivity index (χ2v) is 8.20.